The standard InChI is InChI=1S/C9H12Cl2N4O/c1-5(16)6-2-3-15(4-6)9-13-7(10)12-8(11)14-9/h5-6,16H,2-4H2,1H3. The number of anilines is 1. The van der Waals surface area contributed by atoms with Gasteiger partial charge >= 0.3 is 0 Å². The Kier molecular flexibility index (Phi) is 3.47. The van der Waals surface area contributed by atoms with Gasteiger partial charge in [0.25, 0.3) is 0 Å². The van der Waals surface area contributed by atoms with Crippen molar-refractivity contribution in [2.75, 3.05) is 18.0 Å². The van der Waals surface area contributed by atoms with Crippen LogP contribution in [0, 0.1) is 5.92 Å². The summed E-state index contributed by atoms with van der Waals surface area (Å²) in [7, 11) is 0. The van der Waals surface area contributed by atoms with Gasteiger partial charge in [0.2, 0.25) is 16.5 Å². The predicted molar refractivity (Wildman–Crippen MR) is 61.8 cm³/mol. The molecule has 1 aliphatic rings. The van der Waals surface area contributed by atoms with Crippen LogP contribution in [0.2, 0.25) is 10.6 Å². The Morgan fingerprint density at radius 1 is 1.31 bits per heavy atom. The van der Waals surface area contributed by atoms with Gasteiger partial charge in [-0.15, -0.1) is 0 Å². The van der Waals surface area contributed by atoms with Crippen LogP contribution in [0.15, 0.2) is 0 Å². The lowest BCUT2D eigenvalue weighted by molar-refractivity contribution is 0.136. The summed E-state index contributed by atoms with van der Waals surface area (Å²) in [5.74, 6) is 0.725. The number of aromatic nitrogens is 3. The summed E-state index contributed by atoms with van der Waals surface area (Å²) in [5.41, 5.74) is 0. The first-order valence-corrected chi connectivity index (χ1v) is 5.82. The highest BCUT2D eigenvalue weighted by atomic mass is 35.5. The van der Waals surface area contributed by atoms with Crippen molar-refractivity contribution < 1.29 is 5.11 Å². The van der Waals surface area contributed by atoms with E-state index in [0.717, 1.165) is 13.0 Å². The van der Waals surface area contributed by atoms with Crippen LogP contribution >= 0.6 is 23.2 Å². The highest BCUT2D eigenvalue weighted by molar-refractivity contribution is 6.31. The summed E-state index contributed by atoms with van der Waals surface area (Å²) in [6.07, 6.45) is 0.594. The summed E-state index contributed by atoms with van der Waals surface area (Å²) in [6.45, 7) is 3.31. The van der Waals surface area contributed by atoms with Gasteiger partial charge in [0.15, 0.2) is 0 Å². The SMILES string of the molecule is CC(O)C1CCN(c2nc(Cl)nc(Cl)n2)C1. The number of rotatable bonds is 2. The maximum Gasteiger partial charge on any atom is 0.230 e. The van der Waals surface area contributed by atoms with Gasteiger partial charge in [-0.25, -0.2) is 0 Å². The van der Waals surface area contributed by atoms with Crippen LogP contribution in [-0.4, -0.2) is 39.3 Å². The summed E-state index contributed by atoms with van der Waals surface area (Å²) in [5, 5.41) is 9.68. The van der Waals surface area contributed by atoms with Gasteiger partial charge in [-0.3, -0.25) is 0 Å². The second-order valence-electron chi connectivity index (χ2n) is 3.91. The maximum absolute atomic E-state index is 9.49. The van der Waals surface area contributed by atoms with E-state index in [4.69, 9.17) is 23.2 Å². The molecule has 2 atom stereocenters. The lowest BCUT2D eigenvalue weighted by atomic mass is 10.0. The van der Waals surface area contributed by atoms with E-state index in [1.807, 2.05) is 4.90 Å². The molecule has 5 nitrogen and oxygen atoms in total. The molecule has 2 heterocycles. The fraction of sp³-hybridized carbons (Fsp3) is 0.667. The molecular weight excluding hydrogens is 251 g/mol. The molecule has 0 bridgehead atoms. The molecule has 0 amide bonds. The molecule has 0 aliphatic carbocycles. The van der Waals surface area contributed by atoms with Crippen molar-refractivity contribution in [1.29, 1.82) is 0 Å². The van der Waals surface area contributed by atoms with Crippen molar-refractivity contribution in [3.63, 3.8) is 0 Å². The zero-order chi connectivity index (χ0) is 11.7. The summed E-state index contributed by atoms with van der Waals surface area (Å²) < 4.78 is 0. The third-order valence-electron chi connectivity index (χ3n) is 2.76. The number of halogens is 2. The maximum atomic E-state index is 9.49. The third kappa shape index (κ3) is 2.53. The highest BCUT2D eigenvalue weighted by Crippen LogP contribution is 2.24. The summed E-state index contributed by atoms with van der Waals surface area (Å²) in [6, 6.07) is 0. The van der Waals surface area contributed by atoms with Crippen LogP contribution in [-0.2, 0) is 0 Å². The molecule has 1 fully saturated rings. The van der Waals surface area contributed by atoms with E-state index < -0.39 is 0 Å². The van der Waals surface area contributed by atoms with Crippen molar-refractivity contribution in [3.8, 4) is 0 Å². The average molecular weight is 263 g/mol. The van der Waals surface area contributed by atoms with Gasteiger partial charge in [-0.05, 0) is 36.5 Å². The Morgan fingerprint density at radius 3 is 2.44 bits per heavy atom. The fourth-order valence-electron chi connectivity index (χ4n) is 1.82. The molecule has 1 saturated heterocycles. The van der Waals surface area contributed by atoms with Crippen LogP contribution in [0.25, 0.3) is 0 Å². The van der Waals surface area contributed by atoms with Crippen LogP contribution in [0.1, 0.15) is 13.3 Å². The van der Waals surface area contributed by atoms with Crippen LogP contribution in [0.5, 0.6) is 0 Å². The smallest absolute Gasteiger partial charge is 0.230 e. The topological polar surface area (TPSA) is 62.1 Å². The predicted octanol–water partition coefficient (Wildman–Crippen LogP) is 1.39. The third-order valence-corrected chi connectivity index (χ3v) is 3.10. The first kappa shape index (κ1) is 11.8. The zero-order valence-electron chi connectivity index (χ0n) is 8.77. The van der Waals surface area contributed by atoms with Crippen molar-refractivity contribution in [3.05, 3.63) is 10.6 Å². The normalized spacial score (nSPS) is 22.5. The lowest BCUT2D eigenvalue weighted by Crippen LogP contribution is -2.25. The van der Waals surface area contributed by atoms with Gasteiger partial charge in [0, 0.05) is 19.0 Å². The van der Waals surface area contributed by atoms with E-state index in [0.29, 0.717) is 12.5 Å². The molecule has 1 N–H and O–H groups in total. The van der Waals surface area contributed by atoms with Crippen LogP contribution < -0.4 is 4.90 Å². The molecule has 0 aromatic carbocycles. The molecule has 16 heavy (non-hydrogen) atoms. The van der Waals surface area contributed by atoms with Gasteiger partial charge in [-0.2, -0.15) is 15.0 Å². The Labute approximate surface area is 103 Å². The Bertz CT molecular complexity index is 368. The van der Waals surface area contributed by atoms with Gasteiger partial charge in [0.1, 0.15) is 0 Å². The quantitative estimate of drug-likeness (QED) is 0.873. The van der Waals surface area contributed by atoms with E-state index >= 15 is 0 Å². The molecule has 1 aliphatic heterocycles. The minimum atomic E-state index is -0.321. The molecular formula is C9H12Cl2N4O. The molecule has 7 heteroatoms. The molecule has 0 radical (unpaired) electrons. The molecule has 2 unspecified atom stereocenters. The monoisotopic (exact) mass is 262 g/mol. The molecule has 0 saturated carbocycles. The summed E-state index contributed by atoms with van der Waals surface area (Å²) >= 11 is 11.4. The highest BCUT2D eigenvalue weighted by Gasteiger charge is 2.27. The van der Waals surface area contributed by atoms with Crippen molar-refractivity contribution >= 4 is 29.2 Å². The average Bonchev–Trinajstić information content (AvgIpc) is 2.64. The van der Waals surface area contributed by atoms with Gasteiger partial charge in [0.05, 0.1) is 6.10 Å². The number of hydrogen-bond donors (Lipinski definition) is 1. The zero-order valence-corrected chi connectivity index (χ0v) is 10.3. The lowest BCUT2D eigenvalue weighted by Gasteiger charge is -2.17. The van der Waals surface area contributed by atoms with Gasteiger partial charge < -0.3 is 10.0 Å². The second-order valence-corrected chi connectivity index (χ2v) is 4.58. The van der Waals surface area contributed by atoms with E-state index in [9.17, 15) is 5.11 Å². The Balaban J connectivity index is 2.14. The minimum Gasteiger partial charge on any atom is -0.393 e. The van der Waals surface area contributed by atoms with Crippen LogP contribution in [0.4, 0.5) is 5.95 Å². The first-order chi connectivity index (χ1) is 7.56. The second kappa shape index (κ2) is 4.69. The molecule has 88 valence electrons. The Hall–Kier alpha value is -0.650. The van der Waals surface area contributed by atoms with Crippen molar-refractivity contribution in [1.82, 2.24) is 15.0 Å². The van der Waals surface area contributed by atoms with E-state index in [1.54, 1.807) is 6.92 Å². The minimum absolute atomic E-state index is 0.0931. The van der Waals surface area contributed by atoms with Crippen molar-refractivity contribution in [2.24, 2.45) is 5.92 Å². The first-order valence-electron chi connectivity index (χ1n) is 5.06. The van der Waals surface area contributed by atoms with Crippen LogP contribution in [0.3, 0.4) is 0 Å². The summed E-state index contributed by atoms with van der Waals surface area (Å²) in [4.78, 5) is 13.7. The number of aliphatic hydroxyl groups excluding tert-OH is 1. The van der Waals surface area contributed by atoms with Crippen molar-refractivity contribution in [2.45, 2.75) is 19.4 Å². The van der Waals surface area contributed by atoms with Gasteiger partial charge in [-0.1, -0.05) is 0 Å². The Morgan fingerprint density at radius 2 is 1.94 bits per heavy atom. The fourth-order valence-corrected chi connectivity index (χ4v) is 2.17. The van der Waals surface area contributed by atoms with E-state index in [2.05, 4.69) is 15.0 Å². The number of hydrogen-bond acceptors (Lipinski definition) is 5. The molecule has 1 aromatic rings. The largest absolute Gasteiger partial charge is 0.393 e. The van der Waals surface area contributed by atoms with E-state index in [-0.39, 0.29) is 22.6 Å². The molecule has 0 spiro atoms. The molecule has 1 aromatic heterocycles. The number of aliphatic hydroxyl groups is 1. The van der Waals surface area contributed by atoms with E-state index in [1.165, 1.54) is 0 Å². The number of nitrogens with zero attached hydrogens (tertiary/aromatic N) is 4. The molecule has 2 rings (SSSR count).